The van der Waals surface area contributed by atoms with Crippen LogP contribution in [0.1, 0.15) is 0 Å². The van der Waals surface area contributed by atoms with Crippen molar-refractivity contribution in [1.29, 1.82) is 0 Å². The predicted octanol–water partition coefficient (Wildman–Crippen LogP) is 0.482. The van der Waals surface area contributed by atoms with Crippen molar-refractivity contribution in [1.82, 2.24) is 20.2 Å². The number of amides is 1. The van der Waals surface area contributed by atoms with Crippen LogP contribution in [0.2, 0.25) is 0 Å². The van der Waals surface area contributed by atoms with E-state index in [4.69, 9.17) is 5.73 Å². The maximum Gasteiger partial charge on any atom is 0.345 e. The minimum Gasteiger partial charge on any atom is -0.368 e. The first-order chi connectivity index (χ1) is 9.04. The van der Waals surface area contributed by atoms with E-state index in [0.717, 1.165) is 29.3 Å². The van der Waals surface area contributed by atoms with E-state index in [-0.39, 0.29) is 27.7 Å². The normalized spacial score (nSPS) is 10.3. The molecule has 0 aliphatic carbocycles. The van der Waals surface area contributed by atoms with Gasteiger partial charge in [0.15, 0.2) is 5.13 Å². The highest BCUT2D eigenvalue weighted by Crippen LogP contribution is 2.25. The molecule has 0 bridgehead atoms. The van der Waals surface area contributed by atoms with Gasteiger partial charge in [0.25, 0.3) is 0 Å². The van der Waals surface area contributed by atoms with Gasteiger partial charge >= 0.3 is 5.00 Å². The first-order valence-corrected chi connectivity index (χ1v) is 6.55. The number of carbonyl (C=O) groups is 1. The standard InChI is InChI=1S/C7H7N7O3S2/c8-5-11-7(13-12-5)18-2-3(15)10-6-9-1-4(19-6)14(16)17/h1H,2H2,(H,9,10,15)(H3,8,11,12,13). The van der Waals surface area contributed by atoms with Gasteiger partial charge in [-0.2, -0.15) is 4.98 Å². The molecule has 0 aromatic carbocycles. The summed E-state index contributed by atoms with van der Waals surface area (Å²) in [4.78, 5) is 28.9. The van der Waals surface area contributed by atoms with Gasteiger partial charge in [-0.1, -0.05) is 11.8 Å². The van der Waals surface area contributed by atoms with Crippen LogP contribution >= 0.6 is 23.1 Å². The molecule has 0 atom stereocenters. The molecule has 2 aromatic rings. The van der Waals surface area contributed by atoms with Gasteiger partial charge in [-0.25, -0.2) is 10.1 Å². The predicted molar refractivity (Wildman–Crippen MR) is 68.9 cm³/mol. The van der Waals surface area contributed by atoms with Crippen molar-refractivity contribution >= 4 is 45.1 Å². The molecule has 19 heavy (non-hydrogen) atoms. The highest BCUT2D eigenvalue weighted by atomic mass is 32.2. The molecule has 0 saturated carbocycles. The summed E-state index contributed by atoms with van der Waals surface area (Å²) in [6.07, 6.45) is 1.09. The number of nitro groups is 1. The molecule has 100 valence electrons. The number of aromatic amines is 1. The Balaban J connectivity index is 1.85. The molecule has 0 saturated heterocycles. The van der Waals surface area contributed by atoms with Crippen molar-refractivity contribution in [3.8, 4) is 0 Å². The number of aromatic nitrogens is 4. The first kappa shape index (κ1) is 13.2. The van der Waals surface area contributed by atoms with E-state index >= 15 is 0 Å². The highest BCUT2D eigenvalue weighted by Gasteiger charge is 2.14. The van der Waals surface area contributed by atoms with Gasteiger partial charge in [0.2, 0.25) is 17.0 Å². The summed E-state index contributed by atoms with van der Waals surface area (Å²) in [6.45, 7) is 0. The number of thioether (sulfide) groups is 1. The van der Waals surface area contributed by atoms with Crippen LogP contribution in [0.3, 0.4) is 0 Å². The Bertz CT molecular complexity index is 609. The summed E-state index contributed by atoms with van der Waals surface area (Å²) in [6, 6.07) is 0. The van der Waals surface area contributed by atoms with Crippen LogP contribution in [-0.2, 0) is 4.79 Å². The minimum absolute atomic E-state index is 0.0463. The van der Waals surface area contributed by atoms with Crippen LogP contribution in [0.5, 0.6) is 0 Å². The average molecular weight is 301 g/mol. The summed E-state index contributed by atoms with van der Waals surface area (Å²) in [5, 5.41) is 19.4. The molecule has 0 aliphatic heterocycles. The maximum absolute atomic E-state index is 11.5. The van der Waals surface area contributed by atoms with E-state index in [9.17, 15) is 14.9 Å². The van der Waals surface area contributed by atoms with Crippen molar-refractivity contribution in [2.45, 2.75) is 5.16 Å². The average Bonchev–Trinajstić information content (AvgIpc) is 2.96. The van der Waals surface area contributed by atoms with Gasteiger partial charge in [-0.3, -0.25) is 14.9 Å². The Morgan fingerprint density at radius 1 is 1.68 bits per heavy atom. The van der Waals surface area contributed by atoms with Crippen LogP contribution in [0.15, 0.2) is 11.4 Å². The molecule has 0 fully saturated rings. The number of nitrogens with one attached hydrogen (secondary N) is 2. The Morgan fingerprint density at radius 2 is 2.47 bits per heavy atom. The number of nitrogens with zero attached hydrogens (tertiary/aromatic N) is 4. The molecule has 1 amide bonds. The Kier molecular flexibility index (Phi) is 3.91. The molecular weight excluding hydrogens is 294 g/mol. The third-order valence-corrected chi connectivity index (χ3v) is 3.45. The quantitative estimate of drug-likeness (QED) is 0.409. The zero-order valence-electron chi connectivity index (χ0n) is 9.19. The van der Waals surface area contributed by atoms with Gasteiger partial charge in [0.1, 0.15) is 6.20 Å². The molecule has 12 heteroatoms. The van der Waals surface area contributed by atoms with Crippen molar-refractivity contribution < 1.29 is 9.72 Å². The second-order valence-corrected chi connectivity index (χ2v) is 5.05. The molecule has 2 heterocycles. The minimum atomic E-state index is -0.571. The Hall–Kier alpha value is -2.21. The summed E-state index contributed by atoms with van der Waals surface area (Å²) in [5.74, 6) is -0.152. The van der Waals surface area contributed by atoms with Gasteiger partial charge < -0.3 is 11.1 Å². The van der Waals surface area contributed by atoms with Crippen molar-refractivity contribution in [3.63, 3.8) is 0 Å². The lowest BCUT2D eigenvalue weighted by Gasteiger charge is -1.98. The number of rotatable bonds is 5. The topological polar surface area (TPSA) is 153 Å². The summed E-state index contributed by atoms with van der Waals surface area (Å²) in [7, 11) is 0. The molecule has 0 aliphatic rings. The zero-order chi connectivity index (χ0) is 13.8. The third kappa shape index (κ3) is 3.62. The Labute approximate surface area is 114 Å². The maximum atomic E-state index is 11.5. The van der Waals surface area contributed by atoms with Gasteiger partial charge in [-0.05, 0) is 11.3 Å². The number of thiazole rings is 1. The van der Waals surface area contributed by atoms with E-state index < -0.39 is 4.92 Å². The van der Waals surface area contributed by atoms with E-state index in [1.54, 1.807) is 0 Å². The number of hydrogen-bond acceptors (Lipinski definition) is 9. The molecule has 10 nitrogen and oxygen atoms in total. The van der Waals surface area contributed by atoms with Gasteiger partial charge in [-0.15, -0.1) is 5.10 Å². The SMILES string of the molecule is Nc1nc(SCC(=O)Nc2ncc([N+](=O)[O-])s2)n[nH]1. The highest BCUT2D eigenvalue weighted by molar-refractivity contribution is 7.99. The van der Waals surface area contributed by atoms with Crippen LogP contribution in [-0.4, -0.2) is 36.7 Å². The van der Waals surface area contributed by atoms with Crippen molar-refractivity contribution in [2.24, 2.45) is 0 Å². The first-order valence-electron chi connectivity index (χ1n) is 4.75. The lowest BCUT2D eigenvalue weighted by Crippen LogP contribution is -2.13. The Morgan fingerprint density at radius 3 is 3.05 bits per heavy atom. The summed E-state index contributed by atoms with van der Waals surface area (Å²) < 4.78 is 0. The van der Waals surface area contributed by atoms with E-state index in [2.05, 4.69) is 25.5 Å². The van der Waals surface area contributed by atoms with Crippen molar-refractivity contribution in [2.75, 3.05) is 16.8 Å². The fraction of sp³-hybridized carbons (Fsp3) is 0.143. The molecule has 0 radical (unpaired) electrons. The smallest absolute Gasteiger partial charge is 0.345 e. The van der Waals surface area contributed by atoms with Gasteiger partial charge in [0.05, 0.1) is 10.7 Å². The van der Waals surface area contributed by atoms with Crippen LogP contribution in [0.25, 0.3) is 0 Å². The molecule has 4 N–H and O–H groups in total. The number of nitrogen functional groups attached to an aromatic ring is 1. The number of hydrogen-bond donors (Lipinski definition) is 3. The molecule has 2 aromatic heterocycles. The van der Waals surface area contributed by atoms with E-state index in [1.165, 1.54) is 0 Å². The molecule has 2 rings (SSSR count). The molecule has 0 unspecified atom stereocenters. The van der Waals surface area contributed by atoms with Crippen LogP contribution < -0.4 is 11.1 Å². The summed E-state index contributed by atoms with van der Waals surface area (Å²) in [5.41, 5.74) is 5.32. The number of nitrogens with two attached hydrogens (primary N) is 1. The summed E-state index contributed by atoms with van der Waals surface area (Å²) >= 11 is 1.87. The molecular formula is C7H7N7O3S2. The second kappa shape index (κ2) is 5.62. The fourth-order valence-electron chi connectivity index (χ4n) is 1.02. The largest absolute Gasteiger partial charge is 0.368 e. The second-order valence-electron chi connectivity index (χ2n) is 3.10. The number of H-pyrrole nitrogens is 1. The van der Waals surface area contributed by atoms with Crippen LogP contribution in [0.4, 0.5) is 16.1 Å². The number of carbonyl (C=O) groups excluding carboxylic acids is 1. The van der Waals surface area contributed by atoms with Crippen LogP contribution in [0, 0.1) is 10.1 Å². The van der Waals surface area contributed by atoms with E-state index in [1.807, 2.05) is 0 Å². The fourth-order valence-corrected chi connectivity index (χ4v) is 2.27. The lowest BCUT2D eigenvalue weighted by molar-refractivity contribution is -0.380. The zero-order valence-corrected chi connectivity index (χ0v) is 10.8. The molecule has 0 spiro atoms. The third-order valence-electron chi connectivity index (χ3n) is 1.73. The van der Waals surface area contributed by atoms with Crippen molar-refractivity contribution in [3.05, 3.63) is 16.3 Å². The van der Waals surface area contributed by atoms with Gasteiger partial charge in [0, 0.05) is 0 Å². The lowest BCUT2D eigenvalue weighted by atomic mass is 10.7. The monoisotopic (exact) mass is 301 g/mol. The number of anilines is 2. The van der Waals surface area contributed by atoms with E-state index in [0.29, 0.717) is 5.16 Å².